The molecule has 1 aromatic rings. The monoisotopic (exact) mass is 423 g/mol. The van der Waals surface area contributed by atoms with Crippen molar-refractivity contribution in [3.8, 4) is 17.2 Å². The quantitative estimate of drug-likeness (QED) is 0.809. The van der Waals surface area contributed by atoms with Gasteiger partial charge in [-0.15, -0.1) is 0 Å². The van der Waals surface area contributed by atoms with Crippen LogP contribution in [0, 0.1) is 17.8 Å². The zero-order valence-electron chi connectivity index (χ0n) is 16.8. The van der Waals surface area contributed by atoms with E-state index >= 15 is 0 Å². The molecule has 1 amide bonds. The number of rotatable bonds is 3. The number of benzene rings is 1. The SMILES string of the molecule is O=C(C1CCC(F)(F)CC1)N1C[C@H]2C[C@@H](Oc3ccc4c(c3)OCO4)[C@H](O)C[C@H]2C1. The van der Waals surface area contributed by atoms with E-state index in [-0.39, 0.29) is 62.2 Å². The highest BCUT2D eigenvalue weighted by Gasteiger charge is 2.46. The number of aliphatic hydroxyl groups is 1. The van der Waals surface area contributed by atoms with Crippen LogP contribution in [0.3, 0.4) is 0 Å². The van der Waals surface area contributed by atoms with Gasteiger partial charge in [0, 0.05) is 37.9 Å². The molecule has 4 aliphatic rings. The predicted octanol–water partition coefficient (Wildman–Crippen LogP) is 3.22. The number of fused-ring (bicyclic) bond motifs is 2. The van der Waals surface area contributed by atoms with E-state index in [0.717, 1.165) is 0 Å². The molecule has 2 saturated carbocycles. The Kier molecular flexibility index (Phi) is 5.00. The molecule has 0 bridgehead atoms. The molecule has 1 N–H and O–H groups in total. The Morgan fingerprint density at radius 2 is 1.80 bits per heavy atom. The van der Waals surface area contributed by atoms with Crippen LogP contribution in [0.15, 0.2) is 18.2 Å². The highest BCUT2D eigenvalue weighted by molar-refractivity contribution is 5.79. The summed E-state index contributed by atoms with van der Waals surface area (Å²) < 4.78 is 43.6. The van der Waals surface area contributed by atoms with Gasteiger partial charge in [0.1, 0.15) is 11.9 Å². The summed E-state index contributed by atoms with van der Waals surface area (Å²) in [5, 5.41) is 10.6. The van der Waals surface area contributed by atoms with Crippen molar-refractivity contribution >= 4 is 5.91 Å². The number of alkyl halides is 2. The average molecular weight is 423 g/mol. The third-order valence-corrected chi connectivity index (χ3v) is 7.09. The first-order valence-electron chi connectivity index (χ1n) is 10.8. The molecule has 2 aliphatic carbocycles. The number of hydrogen-bond donors (Lipinski definition) is 1. The summed E-state index contributed by atoms with van der Waals surface area (Å²) in [5.74, 6) is -0.511. The maximum atomic E-state index is 13.4. The van der Waals surface area contributed by atoms with Crippen LogP contribution in [-0.2, 0) is 4.79 Å². The summed E-state index contributed by atoms with van der Waals surface area (Å²) in [6.45, 7) is 1.41. The zero-order valence-corrected chi connectivity index (χ0v) is 16.8. The lowest BCUT2D eigenvalue weighted by atomic mass is 9.78. The Hall–Kier alpha value is -2.09. The Balaban J connectivity index is 1.20. The maximum Gasteiger partial charge on any atom is 0.248 e. The largest absolute Gasteiger partial charge is 0.488 e. The van der Waals surface area contributed by atoms with E-state index in [1.54, 1.807) is 18.2 Å². The first-order chi connectivity index (χ1) is 14.4. The second kappa shape index (κ2) is 7.55. The number of carbonyl (C=O) groups is 1. The van der Waals surface area contributed by atoms with Gasteiger partial charge in [0.05, 0.1) is 6.10 Å². The van der Waals surface area contributed by atoms with Crippen LogP contribution in [0.25, 0.3) is 0 Å². The number of nitrogens with zero attached hydrogens (tertiary/aromatic N) is 1. The molecular formula is C22H27F2NO5. The van der Waals surface area contributed by atoms with Gasteiger partial charge in [-0.25, -0.2) is 8.78 Å². The molecular weight excluding hydrogens is 396 g/mol. The lowest BCUT2D eigenvalue weighted by molar-refractivity contribution is -0.138. The fourth-order valence-corrected chi connectivity index (χ4v) is 5.37. The van der Waals surface area contributed by atoms with E-state index in [1.165, 1.54) is 0 Å². The lowest BCUT2D eigenvalue weighted by Crippen LogP contribution is -2.42. The molecule has 1 saturated heterocycles. The van der Waals surface area contributed by atoms with Crippen LogP contribution < -0.4 is 14.2 Å². The van der Waals surface area contributed by atoms with Crippen molar-refractivity contribution in [1.29, 1.82) is 0 Å². The molecule has 6 nitrogen and oxygen atoms in total. The lowest BCUT2D eigenvalue weighted by Gasteiger charge is -2.35. The van der Waals surface area contributed by atoms with Gasteiger partial charge in [-0.05, 0) is 49.7 Å². The second-order valence-corrected chi connectivity index (χ2v) is 9.10. The predicted molar refractivity (Wildman–Crippen MR) is 103 cm³/mol. The molecule has 0 unspecified atom stereocenters. The molecule has 0 spiro atoms. The van der Waals surface area contributed by atoms with Crippen molar-refractivity contribution in [2.75, 3.05) is 19.9 Å². The minimum atomic E-state index is -2.63. The fourth-order valence-electron chi connectivity index (χ4n) is 5.37. The van der Waals surface area contributed by atoms with Crippen LogP contribution >= 0.6 is 0 Å². The van der Waals surface area contributed by atoms with Crippen LogP contribution in [0.2, 0.25) is 0 Å². The summed E-state index contributed by atoms with van der Waals surface area (Å²) in [5.41, 5.74) is 0. The molecule has 30 heavy (non-hydrogen) atoms. The zero-order chi connectivity index (χ0) is 20.9. The van der Waals surface area contributed by atoms with Crippen molar-refractivity contribution < 1.29 is 32.9 Å². The Bertz CT molecular complexity index is 809. The number of hydrogen-bond acceptors (Lipinski definition) is 5. The van der Waals surface area contributed by atoms with Gasteiger partial charge in [-0.2, -0.15) is 0 Å². The Morgan fingerprint density at radius 3 is 2.57 bits per heavy atom. The summed E-state index contributed by atoms with van der Waals surface area (Å²) in [6.07, 6.45) is 0.392. The van der Waals surface area contributed by atoms with Gasteiger partial charge in [-0.1, -0.05) is 0 Å². The first kappa shape index (κ1) is 19.8. The highest BCUT2D eigenvalue weighted by Crippen LogP contribution is 2.42. The van der Waals surface area contributed by atoms with E-state index in [0.29, 0.717) is 43.2 Å². The fraction of sp³-hybridized carbons (Fsp3) is 0.682. The van der Waals surface area contributed by atoms with Gasteiger partial charge >= 0.3 is 0 Å². The Morgan fingerprint density at radius 1 is 1.10 bits per heavy atom. The van der Waals surface area contributed by atoms with E-state index in [9.17, 15) is 18.7 Å². The van der Waals surface area contributed by atoms with Crippen molar-refractivity contribution in [3.63, 3.8) is 0 Å². The summed E-state index contributed by atoms with van der Waals surface area (Å²) in [6, 6.07) is 5.36. The van der Waals surface area contributed by atoms with Crippen molar-refractivity contribution in [1.82, 2.24) is 4.90 Å². The van der Waals surface area contributed by atoms with Gasteiger partial charge in [0.2, 0.25) is 18.6 Å². The van der Waals surface area contributed by atoms with Crippen molar-refractivity contribution in [2.24, 2.45) is 17.8 Å². The number of amides is 1. The van der Waals surface area contributed by atoms with Crippen LogP contribution in [0.5, 0.6) is 17.2 Å². The van der Waals surface area contributed by atoms with Crippen LogP contribution in [0.4, 0.5) is 8.78 Å². The average Bonchev–Trinajstić information content (AvgIpc) is 3.34. The number of halogens is 2. The van der Waals surface area contributed by atoms with Gasteiger partial charge in [0.15, 0.2) is 11.5 Å². The first-order valence-corrected chi connectivity index (χ1v) is 10.8. The molecule has 3 fully saturated rings. The number of ether oxygens (including phenoxy) is 3. The molecule has 2 heterocycles. The van der Waals surface area contributed by atoms with Crippen LogP contribution in [0.1, 0.15) is 38.5 Å². The Labute approximate surface area is 174 Å². The normalized spacial score (nSPS) is 32.7. The van der Waals surface area contributed by atoms with E-state index < -0.39 is 12.0 Å². The minimum absolute atomic E-state index is 0.00243. The molecule has 0 radical (unpaired) electrons. The molecule has 4 atom stereocenters. The molecule has 8 heteroatoms. The summed E-state index contributed by atoms with van der Waals surface area (Å²) in [7, 11) is 0. The third-order valence-electron chi connectivity index (χ3n) is 7.09. The number of carbonyl (C=O) groups excluding carboxylic acids is 1. The standard InChI is InChI=1S/C22H27F2NO5/c23-22(24)5-3-13(4-6-22)21(27)25-10-14-7-17(26)19(8-15(14)11-25)30-16-1-2-18-20(9-16)29-12-28-18/h1-2,9,13-15,17,19,26H,3-8,10-12H2/t14-,15+,17+,19+/m0/s1. The van der Waals surface area contributed by atoms with E-state index in [2.05, 4.69) is 0 Å². The molecule has 164 valence electrons. The topological polar surface area (TPSA) is 68.2 Å². The molecule has 5 rings (SSSR count). The summed E-state index contributed by atoms with van der Waals surface area (Å²) in [4.78, 5) is 14.7. The molecule has 1 aromatic carbocycles. The van der Waals surface area contributed by atoms with E-state index in [4.69, 9.17) is 14.2 Å². The van der Waals surface area contributed by atoms with Crippen molar-refractivity contribution in [2.45, 2.75) is 56.7 Å². The maximum absolute atomic E-state index is 13.4. The third kappa shape index (κ3) is 3.82. The highest BCUT2D eigenvalue weighted by atomic mass is 19.3. The van der Waals surface area contributed by atoms with Gasteiger partial charge in [-0.3, -0.25) is 4.79 Å². The van der Waals surface area contributed by atoms with E-state index in [1.807, 2.05) is 4.90 Å². The minimum Gasteiger partial charge on any atom is -0.488 e. The molecule has 0 aromatic heterocycles. The second-order valence-electron chi connectivity index (χ2n) is 9.10. The number of aliphatic hydroxyl groups excluding tert-OH is 1. The summed E-state index contributed by atoms with van der Waals surface area (Å²) >= 11 is 0. The van der Waals surface area contributed by atoms with Gasteiger partial charge in [0.25, 0.3) is 0 Å². The van der Waals surface area contributed by atoms with Gasteiger partial charge < -0.3 is 24.2 Å². The van der Waals surface area contributed by atoms with Crippen molar-refractivity contribution in [3.05, 3.63) is 18.2 Å². The number of likely N-dealkylation sites (tertiary alicyclic amines) is 1. The smallest absolute Gasteiger partial charge is 0.248 e. The van der Waals surface area contributed by atoms with Crippen LogP contribution in [-0.4, -0.2) is 53.9 Å². The molecule has 2 aliphatic heterocycles.